The Labute approximate surface area is 203 Å². The molecule has 3 aromatic rings. The number of nitrogens with one attached hydrogen (secondary N) is 1. The Kier molecular flexibility index (Phi) is 8.10. The largest absolute Gasteiger partial charge is 0.490 e. The molecule has 0 fully saturated rings. The molecule has 4 rings (SSSR count). The lowest BCUT2D eigenvalue weighted by Crippen LogP contribution is -2.27. The average molecular weight is 504 g/mol. The van der Waals surface area contributed by atoms with Gasteiger partial charge in [-0.05, 0) is 37.4 Å². The topological polar surface area (TPSA) is 140 Å². The predicted octanol–water partition coefficient (Wildman–Crippen LogP) is 4.08. The Morgan fingerprint density at radius 3 is 2.57 bits per heavy atom. The smallest absolute Gasteiger partial charge is 0.293 e. The minimum Gasteiger partial charge on any atom is -0.490 e. The van der Waals surface area contributed by atoms with Crippen molar-refractivity contribution in [1.29, 1.82) is 0 Å². The average Bonchev–Trinajstić information content (AvgIpc) is 3.17. The molecule has 35 heavy (non-hydrogen) atoms. The second kappa shape index (κ2) is 10.8. The molecule has 1 aliphatic rings. The number of anilines is 2. The van der Waals surface area contributed by atoms with Crippen molar-refractivity contribution in [3.8, 4) is 17.0 Å². The van der Waals surface area contributed by atoms with Crippen LogP contribution in [0.15, 0.2) is 43.0 Å². The van der Waals surface area contributed by atoms with Crippen molar-refractivity contribution in [1.82, 2.24) is 14.7 Å². The lowest BCUT2D eigenvalue weighted by Gasteiger charge is -2.18. The molecule has 188 valence electrons. The second-order valence-electron chi connectivity index (χ2n) is 7.87. The van der Waals surface area contributed by atoms with Gasteiger partial charge in [-0.15, -0.1) is 0 Å². The zero-order valence-electron chi connectivity index (χ0n) is 19.9. The number of nitrogens with zero attached hydrogens (tertiary/aromatic N) is 4. The van der Waals surface area contributed by atoms with Crippen LogP contribution >= 0.6 is 0 Å². The molecular weight excluding hydrogens is 474 g/mol. The Hall–Kier alpha value is -3.48. The van der Waals surface area contributed by atoms with E-state index in [2.05, 4.69) is 30.6 Å². The van der Waals surface area contributed by atoms with E-state index in [-0.39, 0.29) is 10.6 Å². The third-order valence-electron chi connectivity index (χ3n) is 5.49. The molecule has 0 radical (unpaired) electrons. The molecule has 0 bridgehead atoms. The molecule has 12 heteroatoms. The number of fused-ring (bicyclic) bond motifs is 2. The number of nitro benzene ring substituents is 1. The van der Waals surface area contributed by atoms with Gasteiger partial charge in [0.05, 0.1) is 28.6 Å². The molecule has 0 saturated heterocycles. The molecule has 0 spiro atoms. The van der Waals surface area contributed by atoms with E-state index < -0.39 is 10.1 Å². The number of likely N-dealkylation sites (N-methyl/N-ethyl adjacent to an activating group) is 1. The molecule has 0 aliphatic carbocycles. The van der Waals surface area contributed by atoms with E-state index in [1.807, 2.05) is 22.9 Å². The minimum absolute atomic E-state index is 0.0460. The molecule has 2 heterocycles. The van der Waals surface area contributed by atoms with E-state index in [1.54, 1.807) is 18.2 Å². The van der Waals surface area contributed by atoms with E-state index >= 15 is 0 Å². The molecule has 0 atom stereocenters. The molecule has 1 aliphatic heterocycles. The number of nitro groups is 1. The molecule has 2 N–H and O–H groups in total. The van der Waals surface area contributed by atoms with Crippen LogP contribution in [0.5, 0.6) is 5.75 Å². The first kappa shape index (κ1) is 26.1. The summed E-state index contributed by atoms with van der Waals surface area (Å²) < 4.78 is 33.5. The van der Waals surface area contributed by atoms with Crippen LogP contribution in [0.1, 0.15) is 13.8 Å². The van der Waals surface area contributed by atoms with Crippen LogP contribution in [-0.2, 0) is 16.7 Å². The van der Waals surface area contributed by atoms with Crippen LogP contribution in [0.4, 0.5) is 17.1 Å². The van der Waals surface area contributed by atoms with Gasteiger partial charge in [0.25, 0.3) is 15.8 Å². The second-order valence-corrected chi connectivity index (χ2v) is 9.34. The first-order valence-corrected chi connectivity index (χ1v) is 12.9. The number of hydrogen-bond donors (Lipinski definition) is 2. The quantitative estimate of drug-likeness (QED) is 0.150. The van der Waals surface area contributed by atoms with Crippen molar-refractivity contribution < 1.29 is 22.6 Å². The van der Waals surface area contributed by atoms with Gasteiger partial charge in [-0.1, -0.05) is 26.5 Å². The van der Waals surface area contributed by atoms with Crippen molar-refractivity contribution >= 4 is 38.1 Å². The molecule has 2 aromatic carbocycles. The fourth-order valence-electron chi connectivity index (χ4n) is 3.88. The van der Waals surface area contributed by atoms with Gasteiger partial charge in [0, 0.05) is 23.9 Å². The van der Waals surface area contributed by atoms with Gasteiger partial charge in [-0.2, -0.15) is 13.5 Å². The molecule has 11 nitrogen and oxygen atoms in total. The maximum absolute atomic E-state index is 11.6. The number of hydrogen-bond acceptors (Lipinski definition) is 8. The van der Waals surface area contributed by atoms with Crippen molar-refractivity contribution in [2.45, 2.75) is 20.4 Å². The summed E-state index contributed by atoms with van der Waals surface area (Å²) in [6, 6.07) is 8.97. The van der Waals surface area contributed by atoms with Crippen molar-refractivity contribution in [3.63, 3.8) is 0 Å². The first-order chi connectivity index (χ1) is 16.6. The van der Waals surface area contributed by atoms with Crippen LogP contribution in [0.25, 0.3) is 22.2 Å². The summed E-state index contributed by atoms with van der Waals surface area (Å²) >= 11 is 0. The fraction of sp³-hybridized carbons (Fsp3) is 0.348. The summed E-state index contributed by atoms with van der Waals surface area (Å²) in [6.07, 6.45) is 2.41. The standard InChI is InChI=1S/C22H25N5O3.CH4O3S/c1-4-13-30-15-7-8-17-16(14-15)21-20-18(9-10-19(27(28)29)22(20)23-17)26(24-21)12-11-25(5-2)6-3;1-5(2,3)4/h4,7-10,14,23H,1,5-6,11-13H2,2-3H3;1H3,(H,2,3,4). The third kappa shape index (κ3) is 6.15. The van der Waals surface area contributed by atoms with Gasteiger partial charge in [0.1, 0.15) is 23.7 Å². The summed E-state index contributed by atoms with van der Waals surface area (Å²) in [6.45, 7) is 11.9. The number of benzene rings is 2. The molecule has 0 saturated carbocycles. The predicted molar refractivity (Wildman–Crippen MR) is 136 cm³/mol. The van der Waals surface area contributed by atoms with Gasteiger partial charge in [-0.3, -0.25) is 19.3 Å². The summed E-state index contributed by atoms with van der Waals surface area (Å²) in [7, 11) is -3.67. The SMILES string of the molecule is C=CCOc1ccc2c(c1)-c1nn(CCN(CC)CC)c3ccc([N+](=O)[O-])c(c13)N2.CS(=O)(=O)O. The van der Waals surface area contributed by atoms with Crippen LogP contribution in [-0.4, -0.2) is 65.1 Å². The normalized spacial score (nSPS) is 11.9. The number of rotatable bonds is 9. The molecular formula is C23H29N5O6S. The Balaban J connectivity index is 0.000000623. The van der Waals surface area contributed by atoms with Crippen molar-refractivity contribution in [2.75, 3.05) is 37.8 Å². The van der Waals surface area contributed by atoms with Crippen LogP contribution in [0.2, 0.25) is 0 Å². The fourth-order valence-corrected chi connectivity index (χ4v) is 3.88. The zero-order chi connectivity index (χ0) is 25.8. The third-order valence-corrected chi connectivity index (χ3v) is 5.49. The molecule has 0 amide bonds. The highest BCUT2D eigenvalue weighted by atomic mass is 32.2. The van der Waals surface area contributed by atoms with Crippen molar-refractivity contribution in [2.24, 2.45) is 0 Å². The monoisotopic (exact) mass is 503 g/mol. The lowest BCUT2D eigenvalue weighted by atomic mass is 9.99. The number of aromatic nitrogens is 2. The van der Waals surface area contributed by atoms with E-state index in [0.29, 0.717) is 30.8 Å². The summed E-state index contributed by atoms with van der Waals surface area (Å²) in [5.74, 6) is 0.704. The maximum Gasteiger partial charge on any atom is 0.293 e. The van der Waals surface area contributed by atoms with Crippen LogP contribution in [0, 0.1) is 10.1 Å². The van der Waals surface area contributed by atoms with Gasteiger partial charge in [0.2, 0.25) is 0 Å². The highest BCUT2D eigenvalue weighted by Gasteiger charge is 2.29. The van der Waals surface area contributed by atoms with E-state index in [1.165, 1.54) is 0 Å². The Morgan fingerprint density at radius 1 is 1.29 bits per heavy atom. The molecule has 1 aromatic heterocycles. The van der Waals surface area contributed by atoms with Crippen LogP contribution in [0.3, 0.4) is 0 Å². The summed E-state index contributed by atoms with van der Waals surface area (Å²) in [5, 5.41) is 20.6. The highest BCUT2D eigenvalue weighted by molar-refractivity contribution is 7.85. The molecule has 0 unspecified atom stereocenters. The Morgan fingerprint density at radius 2 is 1.97 bits per heavy atom. The van der Waals surface area contributed by atoms with Gasteiger partial charge < -0.3 is 15.0 Å². The van der Waals surface area contributed by atoms with E-state index in [4.69, 9.17) is 14.4 Å². The summed E-state index contributed by atoms with van der Waals surface area (Å²) in [4.78, 5) is 13.6. The zero-order valence-corrected chi connectivity index (χ0v) is 20.7. The number of ether oxygens (including phenoxy) is 1. The van der Waals surface area contributed by atoms with Crippen LogP contribution < -0.4 is 10.1 Å². The minimum atomic E-state index is -3.67. The maximum atomic E-state index is 11.6. The van der Waals surface area contributed by atoms with Gasteiger partial charge >= 0.3 is 0 Å². The lowest BCUT2D eigenvalue weighted by molar-refractivity contribution is -0.383. The van der Waals surface area contributed by atoms with E-state index in [0.717, 1.165) is 47.5 Å². The van der Waals surface area contributed by atoms with Gasteiger partial charge in [-0.25, -0.2) is 0 Å². The summed E-state index contributed by atoms with van der Waals surface area (Å²) in [5.41, 5.74) is 3.81. The Bertz CT molecular complexity index is 1340. The van der Waals surface area contributed by atoms with Gasteiger partial charge in [0.15, 0.2) is 0 Å². The highest BCUT2D eigenvalue weighted by Crippen LogP contribution is 2.47. The van der Waals surface area contributed by atoms with E-state index in [9.17, 15) is 18.5 Å². The first-order valence-electron chi connectivity index (χ1n) is 11.0. The van der Waals surface area contributed by atoms with Crippen molar-refractivity contribution in [3.05, 3.63) is 53.1 Å².